The van der Waals surface area contributed by atoms with Gasteiger partial charge in [0.05, 0.1) is 6.54 Å². The van der Waals surface area contributed by atoms with Gasteiger partial charge in [-0.05, 0) is 49.6 Å². The maximum atomic E-state index is 4.86. The smallest absolute Gasteiger partial charge is 0.160 e. The van der Waals surface area contributed by atoms with Crippen molar-refractivity contribution in [1.29, 1.82) is 0 Å². The Labute approximate surface area is 136 Å². The number of imidazole rings is 1. The van der Waals surface area contributed by atoms with Crippen molar-refractivity contribution in [3.05, 3.63) is 59.5 Å². The molecular weight excluding hydrogens is 284 g/mol. The predicted molar refractivity (Wildman–Crippen MR) is 92.5 cm³/mol. The van der Waals surface area contributed by atoms with Crippen molar-refractivity contribution in [2.24, 2.45) is 0 Å². The van der Waals surface area contributed by atoms with Gasteiger partial charge < -0.3 is 9.88 Å². The molecule has 0 spiro atoms. The fourth-order valence-corrected chi connectivity index (χ4v) is 3.44. The highest BCUT2D eigenvalue weighted by Gasteiger charge is 2.19. The van der Waals surface area contributed by atoms with E-state index in [1.54, 1.807) is 0 Å². The summed E-state index contributed by atoms with van der Waals surface area (Å²) in [5, 5.41) is 3.58. The number of nitrogens with one attached hydrogen (secondary N) is 1. The highest BCUT2D eigenvalue weighted by molar-refractivity contribution is 5.71. The first-order valence-electron chi connectivity index (χ1n) is 8.39. The van der Waals surface area contributed by atoms with Crippen LogP contribution in [0, 0.1) is 6.92 Å². The standard InChI is InChI=1S/C19H22N4/c1-14-6-2-3-7-15(14)13-23-18(12-16-8-4-10-20-16)22-17-9-5-11-21-19(17)23/h2-3,5-7,9,11,16,20H,4,8,10,12-13H2,1H3. The molecule has 0 radical (unpaired) electrons. The molecule has 3 aromatic rings. The van der Waals surface area contributed by atoms with E-state index in [2.05, 4.69) is 52.1 Å². The average Bonchev–Trinajstić information content (AvgIpc) is 3.19. The lowest BCUT2D eigenvalue weighted by Crippen LogP contribution is -2.25. The first kappa shape index (κ1) is 14.4. The molecule has 1 aliphatic heterocycles. The summed E-state index contributed by atoms with van der Waals surface area (Å²) < 4.78 is 2.29. The second-order valence-corrected chi connectivity index (χ2v) is 6.38. The van der Waals surface area contributed by atoms with Crippen molar-refractivity contribution in [2.75, 3.05) is 6.54 Å². The van der Waals surface area contributed by atoms with Crippen LogP contribution in [-0.2, 0) is 13.0 Å². The van der Waals surface area contributed by atoms with Crippen LogP contribution in [0.2, 0.25) is 0 Å². The largest absolute Gasteiger partial charge is 0.314 e. The SMILES string of the molecule is Cc1ccccc1Cn1c(CC2CCCN2)nc2cccnc21. The molecule has 3 heterocycles. The maximum absolute atomic E-state index is 4.86. The van der Waals surface area contributed by atoms with Gasteiger partial charge in [-0.15, -0.1) is 0 Å². The third-order valence-corrected chi connectivity index (χ3v) is 4.76. The Morgan fingerprint density at radius 2 is 2.13 bits per heavy atom. The summed E-state index contributed by atoms with van der Waals surface area (Å²) in [5.41, 5.74) is 4.63. The number of rotatable bonds is 4. The van der Waals surface area contributed by atoms with Crippen LogP contribution in [0.5, 0.6) is 0 Å². The van der Waals surface area contributed by atoms with Crippen LogP contribution >= 0.6 is 0 Å². The summed E-state index contributed by atoms with van der Waals surface area (Å²) in [6, 6.07) is 13.1. The average molecular weight is 306 g/mol. The van der Waals surface area contributed by atoms with E-state index in [0.717, 1.165) is 36.5 Å². The van der Waals surface area contributed by atoms with Gasteiger partial charge >= 0.3 is 0 Å². The fourth-order valence-electron chi connectivity index (χ4n) is 3.44. The third-order valence-electron chi connectivity index (χ3n) is 4.76. The Kier molecular flexibility index (Phi) is 3.83. The summed E-state index contributed by atoms with van der Waals surface area (Å²) in [5.74, 6) is 1.14. The van der Waals surface area contributed by atoms with E-state index in [4.69, 9.17) is 4.98 Å². The second-order valence-electron chi connectivity index (χ2n) is 6.38. The normalized spacial score (nSPS) is 17.9. The molecule has 1 N–H and O–H groups in total. The van der Waals surface area contributed by atoms with Gasteiger partial charge in [0, 0.05) is 18.7 Å². The number of hydrogen-bond donors (Lipinski definition) is 1. The summed E-state index contributed by atoms with van der Waals surface area (Å²) in [7, 11) is 0. The van der Waals surface area contributed by atoms with Gasteiger partial charge in [0.15, 0.2) is 5.65 Å². The minimum Gasteiger partial charge on any atom is -0.314 e. The molecule has 2 aromatic heterocycles. The van der Waals surface area contributed by atoms with Crippen molar-refractivity contribution in [1.82, 2.24) is 19.9 Å². The Hall–Kier alpha value is -2.20. The molecule has 1 fully saturated rings. The Bertz CT molecular complexity index is 815. The van der Waals surface area contributed by atoms with Gasteiger partial charge in [0.25, 0.3) is 0 Å². The monoisotopic (exact) mass is 306 g/mol. The van der Waals surface area contributed by atoms with Crippen LogP contribution in [-0.4, -0.2) is 27.1 Å². The Morgan fingerprint density at radius 3 is 2.96 bits per heavy atom. The van der Waals surface area contributed by atoms with Gasteiger partial charge in [-0.2, -0.15) is 0 Å². The summed E-state index contributed by atoms with van der Waals surface area (Å²) in [6.45, 7) is 4.13. The van der Waals surface area contributed by atoms with E-state index in [-0.39, 0.29) is 0 Å². The van der Waals surface area contributed by atoms with Gasteiger partial charge in [0.1, 0.15) is 11.3 Å². The van der Waals surface area contributed by atoms with Crippen LogP contribution < -0.4 is 5.32 Å². The zero-order valence-corrected chi connectivity index (χ0v) is 13.5. The van der Waals surface area contributed by atoms with E-state index < -0.39 is 0 Å². The molecule has 1 saturated heterocycles. The Morgan fingerprint density at radius 1 is 1.22 bits per heavy atom. The summed E-state index contributed by atoms with van der Waals surface area (Å²) >= 11 is 0. The molecule has 1 aliphatic rings. The number of aryl methyl sites for hydroxylation is 1. The highest BCUT2D eigenvalue weighted by atomic mass is 15.1. The van der Waals surface area contributed by atoms with E-state index in [9.17, 15) is 0 Å². The topological polar surface area (TPSA) is 42.7 Å². The number of pyridine rings is 1. The van der Waals surface area contributed by atoms with Gasteiger partial charge in [-0.1, -0.05) is 24.3 Å². The molecule has 0 amide bonds. The van der Waals surface area contributed by atoms with Crippen LogP contribution in [0.3, 0.4) is 0 Å². The predicted octanol–water partition coefficient (Wildman–Crippen LogP) is 3.08. The summed E-state index contributed by atoms with van der Waals surface area (Å²) in [4.78, 5) is 9.44. The van der Waals surface area contributed by atoms with Crippen LogP contribution in [0.4, 0.5) is 0 Å². The number of hydrogen-bond acceptors (Lipinski definition) is 3. The molecule has 1 unspecified atom stereocenters. The quantitative estimate of drug-likeness (QED) is 0.805. The number of nitrogens with zero attached hydrogens (tertiary/aromatic N) is 3. The van der Waals surface area contributed by atoms with Crippen LogP contribution in [0.1, 0.15) is 29.8 Å². The minimum atomic E-state index is 0.544. The van der Waals surface area contributed by atoms with Crippen molar-refractivity contribution < 1.29 is 0 Å². The van der Waals surface area contributed by atoms with E-state index in [1.165, 1.54) is 24.0 Å². The van der Waals surface area contributed by atoms with Crippen molar-refractivity contribution in [3.63, 3.8) is 0 Å². The van der Waals surface area contributed by atoms with Crippen LogP contribution in [0.25, 0.3) is 11.2 Å². The first-order chi connectivity index (χ1) is 11.3. The molecular formula is C19H22N4. The lowest BCUT2D eigenvalue weighted by molar-refractivity contribution is 0.568. The zero-order chi connectivity index (χ0) is 15.6. The van der Waals surface area contributed by atoms with Gasteiger partial charge in [0.2, 0.25) is 0 Å². The molecule has 23 heavy (non-hydrogen) atoms. The lowest BCUT2D eigenvalue weighted by Gasteiger charge is -2.14. The van der Waals surface area contributed by atoms with Crippen molar-refractivity contribution >= 4 is 11.2 Å². The molecule has 118 valence electrons. The molecule has 4 heteroatoms. The second kappa shape index (κ2) is 6.13. The third kappa shape index (κ3) is 2.86. The molecule has 1 aromatic carbocycles. The molecule has 0 saturated carbocycles. The number of aromatic nitrogens is 3. The van der Waals surface area contributed by atoms with E-state index in [1.807, 2.05) is 12.3 Å². The molecule has 0 bridgehead atoms. The van der Waals surface area contributed by atoms with Gasteiger partial charge in [-0.25, -0.2) is 9.97 Å². The van der Waals surface area contributed by atoms with E-state index >= 15 is 0 Å². The molecule has 1 atom stereocenters. The van der Waals surface area contributed by atoms with E-state index in [0.29, 0.717) is 6.04 Å². The summed E-state index contributed by atoms with van der Waals surface area (Å²) in [6.07, 6.45) is 5.33. The molecule has 4 nitrogen and oxygen atoms in total. The zero-order valence-electron chi connectivity index (χ0n) is 13.5. The Balaban J connectivity index is 1.74. The fraction of sp³-hybridized carbons (Fsp3) is 0.368. The molecule has 4 rings (SSSR count). The van der Waals surface area contributed by atoms with Crippen LogP contribution in [0.15, 0.2) is 42.6 Å². The van der Waals surface area contributed by atoms with Crippen molar-refractivity contribution in [2.45, 2.75) is 38.8 Å². The first-order valence-corrected chi connectivity index (χ1v) is 8.39. The highest BCUT2D eigenvalue weighted by Crippen LogP contribution is 2.20. The number of fused-ring (bicyclic) bond motifs is 1. The molecule has 0 aliphatic carbocycles. The minimum absolute atomic E-state index is 0.544. The number of benzene rings is 1. The maximum Gasteiger partial charge on any atom is 0.160 e. The van der Waals surface area contributed by atoms with Gasteiger partial charge in [-0.3, -0.25) is 0 Å². The lowest BCUT2D eigenvalue weighted by atomic mass is 10.1. The van der Waals surface area contributed by atoms with Crippen molar-refractivity contribution in [3.8, 4) is 0 Å².